The Bertz CT molecular complexity index is 1160. The number of benzene rings is 1. The molecule has 1 amide bonds. The number of amides is 1. The van der Waals surface area contributed by atoms with E-state index < -0.39 is 5.97 Å². The van der Waals surface area contributed by atoms with Gasteiger partial charge in [0, 0.05) is 44.6 Å². The van der Waals surface area contributed by atoms with Gasteiger partial charge in [0.2, 0.25) is 5.88 Å². The van der Waals surface area contributed by atoms with Crippen LogP contribution in [-0.2, 0) is 11.2 Å². The molecule has 1 fully saturated rings. The van der Waals surface area contributed by atoms with Crippen molar-refractivity contribution in [2.75, 3.05) is 32.6 Å². The van der Waals surface area contributed by atoms with Gasteiger partial charge in [0.25, 0.3) is 5.91 Å². The fraction of sp³-hybridized carbons (Fsp3) is 0.280. The Hall–Kier alpha value is -3.98. The van der Waals surface area contributed by atoms with E-state index >= 15 is 0 Å². The monoisotopic (exact) mass is 462 g/mol. The smallest absolute Gasteiger partial charge is 0.337 e. The summed E-state index contributed by atoms with van der Waals surface area (Å²) >= 11 is 0. The molecule has 1 aromatic carbocycles. The van der Waals surface area contributed by atoms with Gasteiger partial charge in [-0.3, -0.25) is 4.79 Å². The number of aromatic carboxylic acids is 1. The molecule has 0 saturated carbocycles. The predicted octanol–water partition coefficient (Wildman–Crippen LogP) is 3.99. The molecular weight excluding hydrogens is 436 g/mol. The Kier molecular flexibility index (Phi) is 7.03. The zero-order valence-corrected chi connectivity index (χ0v) is 19.0. The second-order valence-corrected chi connectivity index (χ2v) is 8.31. The number of pyridine rings is 2. The lowest BCUT2D eigenvalue weighted by Crippen LogP contribution is -2.21. The molecule has 176 valence electrons. The predicted molar refractivity (Wildman–Crippen MR) is 126 cm³/mol. The molecule has 2 aromatic heterocycles. The van der Waals surface area contributed by atoms with Gasteiger partial charge >= 0.3 is 5.97 Å². The van der Waals surface area contributed by atoms with Gasteiger partial charge in [-0.1, -0.05) is 0 Å². The van der Waals surface area contributed by atoms with E-state index in [1.807, 2.05) is 6.07 Å². The summed E-state index contributed by atoms with van der Waals surface area (Å²) < 4.78 is 11.6. The van der Waals surface area contributed by atoms with Crippen molar-refractivity contribution in [2.45, 2.75) is 12.8 Å². The third-order valence-corrected chi connectivity index (χ3v) is 5.46. The van der Waals surface area contributed by atoms with Gasteiger partial charge in [-0.05, 0) is 61.2 Å². The lowest BCUT2D eigenvalue weighted by atomic mass is 9.99. The quantitative estimate of drug-likeness (QED) is 0.517. The topological polar surface area (TPSA) is 114 Å². The number of hydrogen-bond donors (Lipinski definition) is 2. The SMILES string of the molecule is CN(C)C(=O)c1ccc(Oc2ncc(Nc3ccc(C(=O)O)cn3)cc2CC2CCOC2)cc1. The van der Waals surface area contributed by atoms with Crippen molar-refractivity contribution < 1.29 is 24.2 Å². The van der Waals surface area contributed by atoms with Crippen LogP contribution in [0.5, 0.6) is 11.6 Å². The number of nitrogens with zero attached hydrogens (tertiary/aromatic N) is 3. The average Bonchev–Trinajstić information content (AvgIpc) is 3.34. The molecule has 9 heteroatoms. The van der Waals surface area contributed by atoms with E-state index in [0.717, 1.165) is 25.0 Å². The van der Waals surface area contributed by atoms with Crippen molar-refractivity contribution in [2.24, 2.45) is 5.92 Å². The fourth-order valence-corrected chi connectivity index (χ4v) is 3.64. The minimum Gasteiger partial charge on any atom is -0.478 e. The molecule has 34 heavy (non-hydrogen) atoms. The number of ether oxygens (including phenoxy) is 2. The first kappa shape index (κ1) is 23.2. The van der Waals surface area contributed by atoms with Crippen LogP contribution in [0.3, 0.4) is 0 Å². The van der Waals surface area contributed by atoms with E-state index in [0.29, 0.717) is 41.2 Å². The van der Waals surface area contributed by atoms with Gasteiger partial charge in [-0.25, -0.2) is 14.8 Å². The summed E-state index contributed by atoms with van der Waals surface area (Å²) in [4.78, 5) is 33.4. The zero-order valence-electron chi connectivity index (χ0n) is 19.0. The molecule has 1 aliphatic rings. The Morgan fingerprint density at radius 2 is 1.88 bits per heavy atom. The summed E-state index contributed by atoms with van der Waals surface area (Å²) in [6.45, 7) is 1.43. The Morgan fingerprint density at radius 1 is 1.12 bits per heavy atom. The molecule has 3 aromatic rings. The van der Waals surface area contributed by atoms with Crippen LogP contribution in [0, 0.1) is 5.92 Å². The normalized spacial score (nSPS) is 15.1. The van der Waals surface area contributed by atoms with Gasteiger partial charge in [0.1, 0.15) is 11.6 Å². The van der Waals surface area contributed by atoms with Crippen LogP contribution in [0.2, 0.25) is 0 Å². The van der Waals surface area contributed by atoms with Crippen molar-refractivity contribution in [3.05, 3.63) is 71.5 Å². The van der Waals surface area contributed by atoms with Crippen LogP contribution >= 0.6 is 0 Å². The number of aromatic nitrogens is 2. The molecular formula is C25H26N4O5. The van der Waals surface area contributed by atoms with Gasteiger partial charge < -0.3 is 24.8 Å². The highest BCUT2D eigenvalue weighted by molar-refractivity contribution is 5.94. The number of carbonyl (C=O) groups is 2. The number of nitrogens with one attached hydrogen (secondary N) is 1. The molecule has 2 N–H and O–H groups in total. The number of rotatable bonds is 8. The van der Waals surface area contributed by atoms with Crippen molar-refractivity contribution in [1.82, 2.24) is 14.9 Å². The minimum atomic E-state index is -1.03. The Balaban J connectivity index is 1.55. The van der Waals surface area contributed by atoms with E-state index in [1.165, 1.54) is 17.2 Å². The highest BCUT2D eigenvalue weighted by Crippen LogP contribution is 2.30. The van der Waals surface area contributed by atoms with Gasteiger partial charge in [-0.2, -0.15) is 0 Å². The Labute approximate surface area is 197 Å². The van der Waals surface area contributed by atoms with Crippen LogP contribution in [0.1, 0.15) is 32.7 Å². The first-order valence-corrected chi connectivity index (χ1v) is 10.9. The summed E-state index contributed by atoms with van der Waals surface area (Å²) in [6.07, 6.45) is 4.65. The lowest BCUT2D eigenvalue weighted by molar-refractivity contribution is 0.0696. The molecule has 1 atom stereocenters. The Morgan fingerprint density at radius 3 is 2.50 bits per heavy atom. The van der Waals surface area contributed by atoms with Crippen LogP contribution < -0.4 is 10.1 Å². The zero-order chi connectivity index (χ0) is 24.1. The summed E-state index contributed by atoms with van der Waals surface area (Å²) in [5.41, 5.74) is 2.32. The maximum Gasteiger partial charge on any atom is 0.337 e. The molecule has 0 bridgehead atoms. The minimum absolute atomic E-state index is 0.0768. The standard InChI is InChI=1S/C25H26N4O5/c1-29(2)24(30)17-3-6-21(7-4-17)34-23-19(11-16-9-10-33-15-16)12-20(14-27-23)28-22-8-5-18(13-26-22)25(31)32/h3-8,12-14,16H,9-11,15H2,1-2H3,(H,26,28)(H,31,32). The highest BCUT2D eigenvalue weighted by atomic mass is 16.5. The fourth-order valence-electron chi connectivity index (χ4n) is 3.64. The molecule has 0 spiro atoms. The first-order chi connectivity index (χ1) is 16.4. The number of carboxylic acids is 1. The second kappa shape index (κ2) is 10.3. The van der Waals surface area contributed by atoms with E-state index in [1.54, 1.807) is 50.6 Å². The number of carbonyl (C=O) groups excluding carboxylic acids is 1. The summed E-state index contributed by atoms with van der Waals surface area (Å²) in [7, 11) is 3.42. The third kappa shape index (κ3) is 5.68. The van der Waals surface area contributed by atoms with Gasteiger partial charge in [-0.15, -0.1) is 0 Å². The summed E-state index contributed by atoms with van der Waals surface area (Å²) in [6, 6.07) is 12.0. The highest BCUT2D eigenvalue weighted by Gasteiger charge is 2.20. The van der Waals surface area contributed by atoms with E-state index in [-0.39, 0.29) is 11.5 Å². The van der Waals surface area contributed by atoms with Crippen LogP contribution in [0.25, 0.3) is 0 Å². The molecule has 1 saturated heterocycles. The van der Waals surface area contributed by atoms with Gasteiger partial charge in [0.15, 0.2) is 0 Å². The molecule has 1 aliphatic heterocycles. The van der Waals surface area contributed by atoms with Crippen molar-refractivity contribution in [1.29, 1.82) is 0 Å². The third-order valence-electron chi connectivity index (χ3n) is 5.46. The van der Waals surface area contributed by atoms with E-state index in [9.17, 15) is 9.59 Å². The van der Waals surface area contributed by atoms with Crippen LogP contribution in [0.4, 0.5) is 11.5 Å². The number of hydrogen-bond acceptors (Lipinski definition) is 7. The van der Waals surface area contributed by atoms with Crippen LogP contribution in [-0.4, -0.2) is 59.2 Å². The maximum atomic E-state index is 12.1. The van der Waals surface area contributed by atoms with Crippen molar-refractivity contribution in [3.8, 4) is 11.6 Å². The largest absolute Gasteiger partial charge is 0.478 e. The van der Waals surface area contributed by atoms with Crippen LogP contribution in [0.15, 0.2) is 54.9 Å². The van der Waals surface area contributed by atoms with Gasteiger partial charge in [0.05, 0.1) is 17.4 Å². The average molecular weight is 463 g/mol. The van der Waals surface area contributed by atoms with Crippen molar-refractivity contribution >= 4 is 23.4 Å². The van der Waals surface area contributed by atoms with E-state index in [2.05, 4.69) is 15.3 Å². The summed E-state index contributed by atoms with van der Waals surface area (Å²) in [5.74, 6) is 0.843. The maximum absolute atomic E-state index is 12.1. The van der Waals surface area contributed by atoms with Crippen molar-refractivity contribution in [3.63, 3.8) is 0 Å². The number of carboxylic acid groups (broad SMARTS) is 1. The second-order valence-electron chi connectivity index (χ2n) is 8.31. The molecule has 0 aliphatic carbocycles. The molecule has 9 nitrogen and oxygen atoms in total. The summed E-state index contributed by atoms with van der Waals surface area (Å²) in [5, 5.41) is 12.2. The molecule has 1 unspecified atom stereocenters. The van der Waals surface area contributed by atoms with E-state index in [4.69, 9.17) is 14.6 Å². The molecule has 4 rings (SSSR count). The lowest BCUT2D eigenvalue weighted by Gasteiger charge is -2.15. The first-order valence-electron chi connectivity index (χ1n) is 10.9. The number of anilines is 2. The molecule has 0 radical (unpaired) electrons. The molecule has 3 heterocycles.